The molecule has 1 amide bonds. The number of rotatable bonds is 5. The molecule has 0 unspecified atom stereocenters. The molecule has 0 atom stereocenters. The number of aromatic nitrogens is 1. The lowest BCUT2D eigenvalue weighted by Crippen LogP contribution is -2.27. The molecule has 0 aliphatic heterocycles. The number of hydrogen-bond donors (Lipinski definition) is 2. The predicted octanol–water partition coefficient (Wildman–Crippen LogP) is 2.68. The molecule has 96 valence electrons. The first kappa shape index (κ1) is 12.8. The van der Waals surface area contributed by atoms with E-state index < -0.39 is 6.09 Å². The van der Waals surface area contributed by atoms with E-state index in [1.54, 1.807) is 0 Å². The highest BCUT2D eigenvalue weighted by atomic mass is 35.5. The second kappa shape index (κ2) is 6.31. The summed E-state index contributed by atoms with van der Waals surface area (Å²) in [5.74, 6) is 0.316. The Kier molecular flexibility index (Phi) is 4.47. The molecule has 0 bridgehead atoms. The van der Waals surface area contributed by atoms with Gasteiger partial charge >= 0.3 is 6.09 Å². The normalized spacial score (nSPS) is 10.5. The fraction of sp³-hybridized carbons (Fsp3) is 0.308. The predicted molar refractivity (Wildman–Crippen MR) is 72.1 cm³/mol. The number of alkyl halides is 1. The van der Waals surface area contributed by atoms with Crippen molar-refractivity contribution in [3.63, 3.8) is 0 Å². The minimum absolute atomic E-state index is 0.238. The standard InChI is InChI=1S/C13H15ClN2O2/c14-5-8-18-13(17)16-6-3-10-1-2-11-4-7-15-12(11)9-10/h1-2,4,7,9,15H,3,5-6,8H2,(H,16,17). The number of H-pyrrole nitrogens is 1. The van der Waals surface area contributed by atoms with E-state index in [2.05, 4.69) is 28.5 Å². The van der Waals surface area contributed by atoms with E-state index in [9.17, 15) is 4.79 Å². The van der Waals surface area contributed by atoms with Crippen molar-refractivity contribution >= 4 is 28.6 Å². The number of ether oxygens (including phenoxy) is 1. The van der Waals surface area contributed by atoms with E-state index in [1.807, 2.05) is 12.3 Å². The Bertz CT molecular complexity index is 524. The lowest BCUT2D eigenvalue weighted by molar-refractivity contribution is 0.153. The van der Waals surface area contributed by atoms with Gasteiger partial charge in [0, 0.05) is 18.3 Å². The van der Waals surface area contributed by atoms with Gasteiger partial charge in [0.15, 0.2) is 0 Å². The van der Waals surface area contributed by atoms with Gasteiger partial charge in [0.05, 0.1) is 5.88 Å². The highest BCUT2D eigenvalue weighted by molar-refractivity contribution is 6.18. The molecule has 0 fully saturated rings. The molecule has 0 saturated heterocycles. The van der Waals surface area contributed by atoms with Gasteiger partial charge in [-0.3, -0.25) is 0 Å². The van der Waals surface area contributed by atoms with Gasteiger partial charge in [0.2, 0.25) is 0 Å². The summed E-state index contributed by atoms with van der Waals surface area (Å²) in [5, 5.41) is 3.87. The molecule has 2 rings (SSSR count). The number of hydrogen-bond acceptors (Lipinski definition) is 2. The third-order valence-corrected chi connectivity index (χ3v) is 2.77. The zero-order valence-corrected chi connectivity index (χ0v) is 10.7. The fourth-order valence-corrected chi connectivity index (χ4v) is 1.82. The van der Waals surface area contributed by atoms with Crippen LogP contribution < -0.4 is 5.32 Å². The molecule has 1 heterocycles. The summed E-state index contributed by atoms with van der Waals surface area (Å²) in [6.45, 7) is 0.787. The average molecular weight is 267 g/mol. The van der Waals surface area contributed by atoms with Crippen LogP contribution in [0.4, 0.5) is 4.79 Å². The quantitative estimate of drug-likeness (QED) is 0.818. The molecule has 4 nitrogen and oxygen atoms in total. The number of aromatic amines is 1. The van der Waals surface area contributed by atoms with Crippen LogP contribution in [0.3, 0.4) is 0 Å². The van der Waals surface area contributed by atoms with Crippen molar-refractivity contribution in [2.45, 2.75) is 6.42 Å². The lowest BCUT2D eigenvalue weighted by Gasteiger charge is -2.05. The maximum atomic E-state index is 11.2. The summed E-state index contributed by atoms with van der Waals surface area (Å²) >= 11 is 5.41. The molecule has 0 radical (unpaired) electrons. The van der Waals surface area contributed by atoms with Gasteiger partial charge in [0.1, 0.15) is 6.61 Å². The molecule has 1 aromatic carbocycles. The molecule has 0 aliphatic carbocycles. The van der Waals surface area contributed by atoms with E-state index >= 15 is 0 Å². The number of fused-ring (bicyclic) bond motifs is 1. The minimum atomic E-state index is -0.420. The molecule has 5 heteroatoms. The van der Waals surface area contributed by atoms with Crippen LogP contribution >= 0.6 is 11.6 Å². The lowest BCUT2D eigenvalue weighted by atomic mass is 10.1. The van der Waals surface area contributed by atoms with Crippen LogP contribution in [0.2, 0.25) is 0 Å². The van der Waals surface area contributed by atoms with Gasteiger partial charge in [-0.15, -0.1) is 11.6 Å². The Morgan fingerprint density at radius 3 is 3.11 bits per heavy atom. The zero-order valence-electron chi connectivity index (χ0n) is 9.91. The number of halogens is 1. The van der Waals surface area contributed by atoms with Gasteiger partial charge in [-0.05, 0) is 29.5 Å². The van der Waals surface area contributed by atoms with Crippen molar-refractivity contribution in [2.24, 2.45) is 0 Å². The van der Waals surface area contributed by atoms with E-state index in [0.717, 1.165) is 11.9 Å². The van der Waals surface area contributed by atoms with Gasteiger partial charge in [0.25, 0.3) is 0 Å². The number of carbonyl (C=O) groups is 1. The number of carbonyl (C=O) groups excluding carboxylic acids is 1. The third kappa shape index (κ3) is 3.40. The van der Waals surface area contributed by atoms with Crippen LogP contribution in [0.15, 0.2) is 30.5 Å². The van der Waals surface area contributed by atoms with Crippen molar-refractivity contribution in [1.29, 1.82) is 0 Å². The number of benzene rings is 1. The molecular weight excluding hydrogens is 252 g/mol. The molecule has 18 heavy (non-hydrogen) atoms. The average Bonchev–Trinajstić information content (AvgIpc) is 2.83. The van der Waals surface area contributed by atoms with Gasteiger partial charge in [-0.25, -0.2) is 4.79 Å². The summed E-state index contributed by atoms with van der Waals surface area (Å²) in [6, 6.07) is 8.23. The van der Waals surface area contributed by atoms with Crippen LogP contribution in [-0.2, 0) is 11.2 Å². The van der Waals surface area contributed by atoms with Crippen molar-refractivity contribution in [2.75, 3.05) is 19.0 Å². The number of nitrogens with one attached hydrogen (secondary N) is 2. The summed E-state index contributed by atoms with van der Waals surface area (Å²) in [7, 11) is 0. The largest absolute Gasteiger partial charge is 0.448 e. The van der Waals surface area contributed by atoms with Crippen LogP contribution in [-0.4, -0.2) is 30.1 Å². The van der Waals surface area contributed by atoms with Gasteiger partial charge < -0.3 is 15.0 Å². The Balaban J connectivity index is 1.81. The Morgan fingerprint density at radius 2 is 2.28 bits per heavy atom. The maximum absolute atomic E-state index is 11.2. The van der Waals surface area contributed by atoms with E-state index in [0.29, 0.717) is 12.4 Å². The van der Waals surface area contributed by atoms with Gasteiger partial charge in [-0.1, -0.05) is 12.1 Å². The maximum Gasteiger partial charge on any atom is 0.407 e. The smallest absolute Gasteiger partial charge is 0.407 e. The van der Waals surface area contributed by atoms with E-state index in [4.69, 9.17) is 16.3 Å². The first-order valence-electron chi connectivity index (χ1n) is 5.82. The first-order valence-corrected chi connectivity index (χ1v) is 6.35. The highest BCUT2D eigenvalue weighted by Crippen LogP contribution is 2.14. The van der Waals surface area contributed by atoms with Crippen molar-refractivity contribution in [3.8, 4) is 0 Å². The second-order valence-corrected chi connectivity index (χ2v) is 4.28. The minimum Gasteiger partial charge on any atom is -0.448 e. The van der Waals surface area contributed by atoms with E-state index in [-0.39, 0.29) is 6.61 Å². The fourth-order valence-electron chi connectivity index (χ4n) is 1.74. The molecule has 0 saturated carbocycles. The summed E-state index contributed by atoms with van der Waals surface area (Å²) in [4.78, 5) is 14.3. The highest BCUT2D eigenvalue weighted by Gasteiger charge is 2.01. The Hall–Kier alpha value is -1.68. The molecule has 2 N–H and O–H groups in total. The number of alkyl carbamates (subject to hydrolysis) is 1. The van der Waals surface area contributed by atoms with Crippen molar-refractivity contribution < 1.29 is 9.53 Å². The Morgan fingerprint density at radius 1 is 1.39 bits per heavy atom. The molecule has 1 aromatic heterocycles. The second-order valence-electron chi connectivity index (χ2n) is 3.90. The molecule has 0 spiro atoms. The van der Waals surface area contributed by atoms with Crippen LogP contribution in [0.1, 0.15) is 5.56 Å². The third-order valence-electron chi connectivity index (χ3n) is 2.61. The summed E-state index contributed by atoms with van der Waals surface area (Å²) < 4.78 is 4.80. The molecule has 0 aliphatic rings. The molecule has 2 aromatic rings. The zero-order chi connectivity index (χ0) is 12.8. The van der Waals surface area contributed by atoms with Crippen LogP contribution in [0, 0.1) is 0 Å². The topological polar surface area (TPSA) is 54.1 Å². The van der Waals surface area contributed by atoms with Crippen LogP contribution in [0.5, 0.6) is 0 Å². The molecular formula is C13H15ClN2O2. The Labute approximate surface area is 110 Å². The van der Waals surface area contributed by atoms with Crippen LogP contribution in [0.25, 0.3) is 10.9 Å². The van der Waals surface area contributed by atoms with E-state index in [1.165, 1.54) is 10.9 Å². The van der Waals surface area contributed by atoms with Crippen molar-refractivity contribution in [3.05, 3.63) is 36.0 Å². The SMILES string of the molecule is O=C(NCCc1ccc2cc[nH]c2c1)OCCCl. The summed E-state index contributed by atoms with van der Waals surface area (Å²) in [5.41, 5.74) is 2.28. The van der Waals surface area contributed by atoms with Gasteiger partial charge in [-0.2, -0.15) is 0 Å². The van der Waals surface area contributed by atoms with Crippen molar-refractivity contribution in [1.82, 2.24) is 10.3 Å². The monoisotopic (exact) mass is 266 g/mol. The number of amides is 1. The first-order chi connectivity index (χ1) is 8.79. The summed E-state index contributed by atoms with van der Waals surface area (Å²) in [6.07, 6.45) is 2.26.